The summed E-state index contributed by atoms with van der Waals surface area (Å²) in [7, 11) is 0. The van der Waals surface area contributed by atoms with Gasteiger partial charge in [-0.3, -0.25) is 0 Å². The second kappa shape index (κ2) is 9.12. The van der Waals surface area contributed by atoms with Gasteiger partial charge in [-0.15, -0.1) is 0 Å². The zero-order chi connectivity index (χ0) is 15.1. The molecule has 2 unspecified atom stereocenters. The van der Waals surface area contributed by atoms with Crippen molar-refractivity contribution in [2.45, 2.75) is 77.4 Å². The normalized spacial score (nSPS) is 29.1. The molecule has 3 heteroatoms. The van der Waals surface area contributed by atoms with Crippen molar-refractivity contribution < 1.29 is 4.74 Å². The molecule has 0 radical (unpaired) electrons. The van der Waals surface area contributed by atoms with Crippen LogP contribution >= 0.6 is 0 Å². The van der Waals surface area contributed by atoms with E-state index in [4.69, 9.17) is 10.5 Å². The summed E-state index contributed by atoms with van der Waals surface area (Å²) in [5.41, 5.74) is 5.52. The molecule has 1 aliphatic carbocycles. The first kappa shape index (κ1) is 17.2. The summed E-state index contributed by atoms with van der Waals surface area (Å²) < 4.78 is 5.93. The van der Waals surface area contributed by atoms with Gasteiger partial charge in [0.15, 0.2) is 0 Å². The molecule has 0 aromatic carbocycles. The molecule has 0 aromatic rings. The fourth-order valence-corrected chi connectivity index (χ4v) is 4.22. The molecule has 0 amide bonds. The predicted octanol–water partition coefficient (Wildman–Crippen LogP) is 3.42. The van der Waals surface area contributed by atoms with Crippen LogP contribution in [0.3, 0.4) is 0 Å². The number of rotatable bonds is 7. The molecular weight excluding hydrogens is 260 g/mol. The average Bonchev–Trinajstić information content (AvgIpc) is 2.48. The van der Waals surface area contributed by atoms with Crippen LogP contribution in [0.25, 0.3) is 0 Å². The van der Waals surface area contributed by atoms with E-state index in [-0.39, 0.29) is 0 Å². The quantitative estimate of drug-likeness (QED) is 0.732. The number of likely N-dealkylation sites (tertiary alicyclic amines) is 1. The van der Waals surface area contributed by atoms with Gasteiger partial charge in [0.05, 0.1) is 6.10 Å². The van der Waals surface area contributed by atoms with Gasteiger partial charge in [-0.1, -0.05) is 26.7 Å². The molecular formula is C18H36N2O. The highest BCUT2D eigenvalue weighted by molar-refractivity contribution is 4.84. The van der Waals surface area contributed by atoms with Crippen LogP contribution in [-0.4, -0.2) is 43.3 Å². The lowest BCUT2D eigenvalue weighted by Crippen LogP contribution is -2.45. The summed E-state index contributed by atoms with van der Waals surface area (Å²) in [5.74, 6) is 1.83. The topological polar surface area (TPSA) is 38.5 Å². The van der Waals surface area contributed by atoms with Gasteiger partial charge in [0, 0.05) is 25.7 Å². The number of nitrogens with two attached hydrogens (primary N) is 1. The van der Waals surface area contributed by atoms with E-state index >= 15 is 0 Å². The molecule has 2 aliphatic rings. The van der Waals surface area contributed by atoms with Gasteiger partial charge in [-0.2, -0.15) is 0 Å². The molecule has 1 saturated heterocycles. The Kier molecular flexibility index (Phi) is 7.48. The van der Waals surface area contributed by atoms with E-state index in [0.29, 0.717) is 6.10 Å². The average molecular weight is 296 g/mol. The number of piperidine rings is 1. The van der Waals surface area contributed by atoms with Gasteiger partial charge in [0.1, 0.15) is 0 Å². The summed E-state index contributed by atoms with van der Waals surface area (Å²) in [6.07, 6.45) is 11.1. The Bertz CT molecular complexity index is 274. The summed E-state index contributed by atoms with van der Waals surface area (Å²) in [6.45, 7) is 8.82. The van der Waals surface area contributed by atoms with Crippen molar-refractivity contribution >= 4 is 0 Å². The molecule has 0 spiro atoms. The van der Waals surface area contributed by atoms with Crippen molar-refractivity contribution in [1.82, 2.24) is 4.90 Å². The predicted molar refractivity (Wildman–Crippen MR) is 89.4 cm³/mol. The van der Waals surface area contributed by atoms with Crippen LogP contribution in [0.4, 0.5) is 0 Å². The van der Waals surface area contributed by atoms with E-state index in [2.05, 4.69) is 18.7 Å². The van der Waals surface area contributed by atoms with Crippen LogP contribution in [0.15, 0.2) is 0 Å². The number of nitrogens with zero attached hydrogens (tertiary/aromatic N) is 1. The van der Waals surface area contributed by atoms with E-state index in [1.807, 2.05) is 0 Å². The van der Waals surface area contributed by atoms with E-state index in [1.165, 1.54) is 58.0 Å². The maximum atomic E-state index is 5.93. The first-order valence-corrected chi connectivity index (χ1v) is 9.24. The van der Waals surface area contributed by atoms with Gasteiger partial charge in [0.2, 0.25) is 0 Å². The van der Waals surface area contributed by atoms with E-state index < -0.39 is 0 Å². The Hall–Kier alpha value is -0.120. The lowest BCUT2D eigenvalue weighted by molar-refractivity contribution is -0.00948. The fourth-order valence-electron chi connectivity index (χ4n) is 4.22. The first-order valence-electron chi connectivity index (χ1n) is 9.24. The molecule has 2 rings (SSSR count). The SMILES string of the molecule is CC(C)CC1CCCC(N2CCC(OCCCN)CC2)C1. The third-order valence-corrected chi connectivity index (χ3v) is 5.25. The Morgan fingerprint density at radius 3 is 2.57 bits per heavy atom. The Balaban J connectivity index is 1.69. The highest BCUT2D eigenvalue weighted by atomic mass is 16.5. The van der Waals surface area contributed by atoms with Crippen molar-refractivity contribution in [3.63, 3.8) is 0 Å². The number of hydrogen-bond acceptors (Lipinski definition) is 3. The highest BCUT2D eigenvalue weighted by Crippen LogP contribution is 2.33. The standard InChI is InChI=1S/C18H36N2O/c1-15(2)13-16-5-3-6-17(14-16)20-10-7-18(8-11-20)21-12-4-9-19/h15-18H,3-14,19H2,1-2H3. The molecule has 0 aromatic heterocycles. The lowest BCUT2D eigenvalue weighted by Gasteiger charge is -2.41. The third-order valence-electron chi connectivity index (χ3n) is 5.25. The maximum Gasteiger partial charge on any atom is 0.0599 e. The first-order chi connectivity index (χ1) is 10.2. The van der Waals surface area contributed by atoms with Crippen molar-refractivity contribution in [3.05, 3.63) is 0 Å². The molecule has 2 N–H and O–H groups in total. The maximum absolute atomic E-state index is 5.93. The zero-order valence-electron chi connectivity index (χ0n) is 14.2. The molecule has 1 saturated carbocycles. The van der Waals surface area contributed by atoms with Gasteiger partial charge in [-0.25, -0.2) is 0 Å². The van der Waals surface area contributed by atoms with Crippen molar-refractivity contribution in [3.8, 4) is 0 Å². The van der Waals surface area contributed by atoms with Gasteiger partial charge in [0.25, 0.3) is 0 Å². The smallest absolute Gasteiger partial charge is 0.0599 e. The minimum atomic E-state index is 0.489. The Labute approximate surface area is 131 Å². The summed E-state index contributed by atoms with van der Waals surface area (Å²) >= 11 is 0. The van der Waals surface area contributed by atoms with E-state index in [1.54, 1.807) is 0 Å². The fraction of sp³-hybridized carbons (Fsp3) is 1.00. The van der Waals surface area contributed by atoms with Crippen LogP contribution in [0, 0.1) is 11.8 Å². The summed E-state index contributed by atoms with van der Waals surface area (Å²) in [4.78, 5) is 2.76. The Morgan fingerprint density at radius 2 is 1.90 bits per heavy atom. The molecule has 124 valence electrons. The zero-order valence-corrected chi connectivity index (χ0v) is 14.2. The van der Waals surface area contributed by atoms with Gasteiger partial charge >= 0.3 is 0 Å². The number of ether oxygens (including phenoxy) is 1. The molecule has 21 heavy (non-hydrogen) atoms. The molecule has 2 fully saturated rings. The minimum Gasteiger partial charge on any atom is -0.378 e. The van der Waals surface area contributed by atoms with Crippen molar-refractivity contribution in [2.75, 3.05) is 26.2 Å². The van der Waals surface area contributed by atoms with Crippen LogP contribution in [-0.2, 0) is 4.74 Å². The molecule has 1 aliphatic heterocycles. The molecule has 2 atom stereocenters. The van der Waals surface area contributed by atoms with Gasteiger partial charge < -0.3 is 15.4 Å². The summed E-state index contributed by atoms with van der Waals surface area (Å²) in [6, 6.07) is 0.854. The van der Waals surface area contributed by atoms with Crippen molar-refractivity contribution in [2.24, 2.45) is 17.6 Å². The second-order valence-corrected chi connectivity index (χ2v) is 7.56. The second-order valence-electron chi connectivity index (χ2n) is 7.56. The van der Waals surface area contributed by atoms with Crippen LogP contribution < -0.4 is 5.73 Å². The minimum absolute atomic E-state index is 0.489. The van der Waals surface area contributed by atoms with Crippen molar-refractivity contribution in [1.29, 1.82) is 0 Å². The van der Waals surface area contributed by atoms with Crippen LogP contribution in [0.1, 0.15) is 65.2 Å². The third kappa shape index (κ3) is 5.88. The van der Waals surface area contributed by atoms with Crippen LogP contribution in [0.2, 0.25) is 0 Å². The monoisotopic (exact) mass is 296 g/mol. The van der Waals surface area contributed by atoms with E-state index in [0.717, 1.165) is 37.5 Å². The lowest BCUT2D eigenvalue weighted by atomic mass is 9.80. The molecule has 3 nitrogen and oxygen atoms in total. The number of hydrogen-bond donors (Lipinski definition) is 1. The highest BCUT2D eigenvalue weighted by Gasteiger charge is 2.29. The largest absolute Gasteiger partial charge is 0.378 e. The molecule has 0 bridgehead atoms. The Morgan fingerprint density at radius 1 is 1.14 bits per heavy atom. The van der Waals surface area contributed by atoms with E-state index in [9.17, 15) is 0 Å². The summed E-state index contributed by atoms with van der Waals surface area (Å²) in [5, 5.41) is 0. The molecule has 1 heterocycles. The van der Waals surface area contributed by atoms with Gasteiger partial charge in [-0.05, 0) is 56.9 Å². The van der Waals surface area contributed by atoms with Crippen LogP contribution in [0.5, 0.6) is 0 Å².